The van der Waals surface area contributed by atoms with Gasteiger partial charge in [-0.1, -0.05) is 18.2 Å². The van der Waals surface area contributed by atoms with Gasteiger partial charge < -0.3 is 14.0 Å². The summed E-state index contributed by atoms with van der Waals surface area (Å²) in [4.78, 5) is 8.86. The predicted molar refractivity (Wildman–Crippen MR) is 136 cm³/mol. The summed E-state index contributed by atoms with van der Waals surface area (Å²) in [6.07, 6.45) is 3.77. The van der Waals surface area contributed by atoms with Crippen LogP contribution >= 0.6 is 0 Å². The molecule has 2 aromatic heterocycles. The first kappa shape index (κ1) is 23.1. The van der Waals surface area contributed by atoms with Gasteiger partial charge in [-0.25, -0.2) is 13.4 Å². The first-order valence-electron chi connectivity index (χ1n) is 11.1. The SMILES string of the molecule is Cc1nc(Oc2ccc(NS(=O)(=O)c3ccc(Oc4ccccc4)cc3)cc2)cc(-n2cccc2)n1. The van der Waals surface area contributed by atoms with E-state index in [2.05, 4.69) is 14.7 Å². The van der Waals surface area contributed by atoms with Crippen LogP contribution in [0.2, 0.25) is 0 Å². The average Bonchev–Trinajstić information content (AvgIpc) is 3.41. The number of benzene rings is 3. The molecule has 0 aliphatic heterocycles. The number of sulfonamides is 1. The number of nitrogens with one attached hydrogen (secondary N) is 1. The quantitative estimate of drug-likeness (QED) is 0.284. The monoisotopic (exact) mass is 498 g/mol. The highest BCUT2D eigenvalue weighted by atomic mass is 32.2. The molecule has 5 aromatic rings. The molecule has 5 rings (SSSR count). The molecule has 0 unspecified atom stereocenters. The molecule has 0 atom stereocenters. The fourth-order valence-electron chi connectivity index (χ4n) is 3.43. The zero-order valence-corrected chi connectivity index (χ0v) is 20.1. The van der Waals surface area contributed by atoms with Crippen LogP contribution in [0.15, 0.2) is 114 Å². The van der Waals surface area contributed by atoms with E-state index in [1.807, 2.05) is 59.4 Å². The van der Waals surface area contributed by atoms with Crippen molar-refractivity contribution < 1.29 is 17.9 Å². The maximum atomic E-state index is 12.8. The van der Waals surface area contributed by atoms with Crippen LogP contribution in [-0.4, -0.2) is 23.0 Å². The Labute approximate surface area is 208 Å². The van der Waals surface area contributed by atoms with Crippen LogP contribution in [-0.2, 0) is 10.0 Å². The molecule has 0 spiro atoms. The van der Waals surface area contributed by atoms with Crippen LogP contribution in [0.3, 0.4) is 0 Å². The normalized spacial score (nSPS) is 11.1. The largest absolute Gasteiger partial charge is 0.457 e. The van der Waals surface area contributed by atoms with Crippen molar-refractivity contribution in [1.82, 2.24) is 14.5 Å². The predicted octanol–water partition coefficient (Wildman–Crippen LogP) is 5.96. The summed E-state index contributed by atoms with van der Waals surface area (Å²) < 4.78 is 41.7. The molecule has 0 saturated carbocycles. The number of para-hydroxylation sites is 1. The minimum Gasteiger partial charge on any atom is -0.457 e. The van der Waals surface area contributed by atoms with Crippen molar-refractivity contribution in [1.29, 1.82) is 0 Å². The van der Waals surface area contributed by atoms with E-state index in [0.717, 1.165) is 0 Å². The number of aromatic nitrogens is 3. The molecule has 3 aromatic carbocycles. The molecule has 2 heterocycles. The van der Waals surface area contributed by atoms with Crippen LogP contribution in [0.1, 0.15) is 5.82 Å². The summed E-state index contributed by atoms with van der Waals surface area (Å²) in [5.74, 6) is 3.37. The lowest BCUT2D eigenvalue weighted by molar-refractivity contribution is 0.459. The Hall–Kier alpha value is -4.63. The zero-order chi connectivity index (χ0) is 25.0. The molecular weight excluding hydrogens is 476 g/mol. The maximum Gasteiger partial charge on any atom is 0.261 e. The molecule has 180 valence electrons. The highest BCUT2D eigenvalue weighted by Gasteiger charge is 2.15. The molecule has 9 heteroatoms. The van der Waals surface area contributed by atoms with E-state index in [0.29, 0.717) is 40.5 Å². The third-order valence-corrected chi connectivity index (χ3v) is 6.51. The van der Waals surface area contributed by atoms with Crippen molar-refractivity contribution in [3.8, 4) is 28.9 Å². The van der Waals surface area contributed by atoms with Crippen molar-refractivity contribution in [3.63, 3.8) is 0 Å². The minimum absolute atomic E-state index is 0.122. The third-order valence-electron chi connectivity index (χ3n) is 5.11. The number of anilines is 1. The van der Waals surface area contributed by atoms with Gasteiger partial charge >= 0.3 is 0 Å². The van der Waals surface area contributed by atoms with Crippen molar-refractivity contribution >= 4 is 15.7 Å². The molecule has 0 aliphatic rings. The van der Waals surface area contributed by atoms with Crippen LogP contribution in [0.4, 0.5) is 5.69 Å². The molecule has 0 radical (unpaired) electrons. The first-order chi connectivity index (χ1) is 17.4. The van der Waals surface area contributed by atoms with E-state index < -0.39 is 10.0 Å². The molecule has 0 aliphatic carbocycles. The van der Waals surface area contributed by atoms with Crippen molar-refractivity contribution in [2.24, 2.45) is 0 Å². The number of rotatable bonds is 8. The highest BCUT2D eigenvalue weighted by molar-refractivity contribution is 7.92. The third kappa shape index (κ3) is 5.53. The van der Waals surface area contributed by atoms with Gasteiger partial charge in [-0.2, -0.15) is 4.98 Å². The topological polar surface area (TPSA) is 95.3 Å². The average molecular weight is 499 g/mol. The standard InChI is InChI=1S/C27H22N4O4S/c1-20-28-26(31-17-5-6-18-31)19-27(29-20)35-24-11-9-21(10-12-24)30-36(32,33)25-15-13-23(14-16-25)34-22-7-3-2-4-8-22/h2-19,30H,1H3. The van der Waals surface area contributed by atoms with Crippen LogP contribution in [0.5, 0.6) is 23.1 Å². The second kappa shape index (κ2) is 9.93. The van der Waals surface area contributed by atoms with Gasteiger partial charge in [0.15, 0.2) is 0 Å². The number of nitrogens with zero attached hydrogens (tertiary/aromatic N) is 3. The fourth-order valence-corrected chi connectivity index (χ4v) is 4.49. The molecule has 1 N–H and O–H groups in total. The van der Waals surface area contributed by atoms with E-state index in [4.69, 9.17) is 9.47 Å². The van der Waals surface area contributed by atoms with Gasteiger partial charge in [-0.3, -0.25) is 4.72 Å². The van der Waals surface area contributed by atoms with E-state index in [1.54, 1.807) is 49.4 Å². The van der Waals surface area contributed by atoms with Gasteiger partial charge in [0.25, 0.3) is 10.0 Å². The summed E-state index contributed by atoms with van der Waals surface area (Å²) in [6, 6.07) is 27.6. The number of hydrogen-bond donors (Lipinski definition) is 1. The number of ether oxygens (including phenoxy) is 2. The molecule has 0 saturated heterocycles. The van der Waals surface area contributed by atoms with Gasteiger partial charge in [-0.05, 0) is 79.7 Å². The lowest BCUT2D eigenvalue weighted by Crippen LogP contribution is -2.12. The van der Waals surface area contributed by atoms with Crippen LogP contribution < -0.4 is 14.2 Å². The van der Waals surface area contributed by atoms with Gasteiger partial charge in [0, 0.05) is 24.1 Å². The van der Waals surface area contributed by atoms with Crippen molar-refractivity contribution in [2.75, 3.05) is 4.72 Å². The maximum absolute atomic E-state index is 12.8. The highest BCUT2D eigenvalue weighted by Crippen LogP contribution is 2.26. The fraction of sp³-hybridized carbons (Fsp3) is 0.0370. The van der Waals surface area contributed by atoms with E-state index in [-0.39, 0.29) is 4.90 Å². The van der Waals surface area contributed by atoms with Gasteiger partial charge in [0.2, 0.25) is 5.88 Å². The second-order valence-electron chi connectivity index (χ2n) is 7.82. The number of aryl methyl sites for hydroxylation is 1. The van der Waals surface area contributed by atoms with Gasteiger partial charge in [-0.15, -0.1) is 0 Å². The van der Waals surface area contributed by atoms with Crippen LogP contribution in [0, 0.1) is 6.92 Å². The molecule has 0 fully saturated rings. The van der Waals surface area contributed by atoms with Gasteiger partial charge in [0.05, 0.1) is 4.90 Å². The van der Waals surface area contributed by atoms with Crippen molar-refractivity contribution in [3.05, 3.63) is 115 Å². The summed E-state index contributed by atoms with van der Waals surface area (Å²) >= 11 is 0. The molecular formula is C27H22N4O4S. The Morgan fingerprint density at radius 3 is 2.03 bits per heavy atom. The van der Waals surface area contributed by atoms with Crippen LogP contribution in [0.25, 0.3) is 5.82 Å². The lowest BCUT2D eigenvalue weighted by atomic mass is 10.3. The molecule has 0 amide bonds. The van der Waals surface area contributed by atoms with Gasteiger partial charge in [0.1, 0.15) is 28.9 Å². The molecule has 8 nitrogen and oxygen atoms in total. The Bertz CT molecular complexity index is 1550. The lowest BCUT2D eigenvalue weighted by Gasteiger charge is -2.11. The van der Waals surface area contributed by atoms with E-state index in [1.165, 1.54) is 12.1 Å². The molecule has 0 bridgehead atoms. The Kier molecular flexibility index (Phi) is 6.38. The second-order valence-corrected chi connectivity index (χ2v) is 9.50. The first-order valence-corrected chi connectivity index (χ1v) is 12.6. The molecule has 36 heavy (non-hydrogen) atoms. The summed E-state index contributed by atoms with van der Waals surface area (Å²) in [5.41, 5.74) is 0.402. The van der Waals surface area contributed by atoms with E-state index >= 15 is 0 Å². The summed E-state index contributed by atoms with van der Waals surface area (Å²) in [5, 5.41) is 0. The minimum atomic E-state index is -3.78. The smallest absolute Gasteiger partial charge is 0.261 e. The Balaban J connectivity index is 1.25. The zero-order valence-electron chi connectivity index (χ0n) is 19.3. The Morgan fingerprint density at radius 1 is 0.722 bits per heavy atom. The van der Waals surface area contributed by atoms with E-state index in [9.17, 15) is 8.42 Å². The summed E-state index contributed by atoms with van der Waals surface area (Å²) in [7, 11) is -3.78. The number of hydrogen-bond acceptors (Lipinski definition) is 6. The Morgan fingerprint density at radius 2 is 1.33 bits per heavy atom. The van der Waals surface area contributed by atoms with Crippen molar-refractivity contribution in [2.45, 2.75) is 11.8 Å². The summed E-state index contributed by atoms with van der Waals surface area (Å²) in [6.45, 7) is 1.79.